The van der Waals surface area contributed by atoms with Crippen molar-refractivity contribution in [1.82, 2.24) is 0 Å². The van der Waals surface area contributed by atoms with Gasteiger partial charge in [0.15, 0.2) is 11.6 Å². The monoisotopic (exact) mass is 252 g/mol. The minimum atomic E-state index is -0.862. The average Bonchev–Trinajstić information content (AvgIpc) is 2.37. The van der Waals surface area contributed by atoms with Crippen LogP contribution in [0.3, 0.4) is 0 Å². The fourth-order valence-corrected chi connectivity index (χ4v) is 2.47. The molecule has 1 aliphatic rings. The van der Waals surface area contributed by atoms with Crippen LogP contribution < -0.4 is 4.74 Å². The van der Waals surface area contributed by atoms with Crippen molar-refractivity contribution in [1.29, 1.82) is 0 Å². The molecule has 1 aromatic rings. The maximum absolute atomic E-state index is 14.0. The van der Waals surface area contributed by atoms with Gasteiger partial charge in [0.05, 0.1) is 6.61 Å². The summed E-state index contributed by atoms with van der Waals surface area (Å²) in [6, 6.07) is 3.18. The van der Waals surface area contributed by atoms with E-state index in [9.17, 15) is 8.78 Å². The highest BCUT2D eigenvalue weighted by atomic mass is 19.2. The lowest BCUT2D eigenvalue weighted by Crippen LogP contribution is -2.09. The van der Waals surface area contributed by atoms with Crippen LogP contribution in [0, 0.1) is 11.6 Å². The first kappa shape index (κ1) is 13.1. The zero-order valence-corrected chi connectivity index (χ0v) is 10.6. The smallest absolute Gasteiger partial charge is 0.200 e. The molecule has 0 saturated heterocycles. The van der Waals surface area contributed by atoms with Gasteiger partial charge in [-0.15, -0.1) is 0 Å². The summed E-state index contributed by atoms with van der Waals surface area (Å²) in [6.07, 6.45) is 3.50. The Hall–Kier alpha value is -1.38. The molecule has 1 aliphatic carbocycles. The molecule has 1 fully saturated rings. The van der Waals surface area contributed by atoms with Crippen LogP contribution in [0.5, 0.6) is 5.75 Å². The summed E-state index contributed by atoms with van der Waals surface area (Å²) in [5, 5.41) is 0. The Morgan fingerprint density at radius 2 is 1.89 bits per heavy atom. The van der Waals surface area contributed by atoms with Crippen LogP contribution in [0.2, 0.25) is 0 Å². The number of rotatable bonds is 3. The van der Waals surface area contributed by atoms with E-state index < -0.39 is 11.6 Å². The number of hydrogen-bond acceptors (Lipinski definition) is 1. The quantitative estimate of drug-likeness (QED) is 0.715. The summed E-state index contributed by atoms with van der Waals surface area (Å²) in [5.41, 5.74) is 1.68. The highest BCUT2D eigenvalue weighted by molar-refractivity contribution is 5.33. The topological polar surface area (TPSA) is 9.23 Å². The van der Waals surface area contributed by atoms with Crippen LogP contribution in [0.1, 0.15) is 44.1 Å². The van der Waals surface area contributed by atoms with Gasteiger partial charge in [0.1, 0.15) is 0 Å². The molecule has 0 radical (unpaired) electrons. The van der Waals surface area contributed by atoms with E-state index in [1.165, 1.54) is 11.6 Å². The van der Waals surface area contributed by atoms with E-state index in [1.807, 2.05) is 0 Å². The molecule has 0 spiro atoms. The molecule has 0 amide bonds. The first-order valence-electron chi connectivity index (χ1n) is 6.40. The van der Waals surface area contributed by atoms with E-state index >= 15 is 0 Å². The molecule has 18 heavy (non-hydrogen) atoms. The lowest BCUT2D eigenvalue weighted by atomic mass is 9.82. The molecule has 0 aromatic heterocycles. The molecular weight excluding hydrogens is 234 g/mol. The molecule has 0 atom stereocenters. The van der Waals surface area contributed by atoms with Crippen LogP contribution in [0.4, 0.5) is 8.78 Å². The summed E-state index contributed by atoms with van der Waals surface area (Å²) in [5.74, 6) is -1.52. The van der Waals surface area contributed by atoms with Gasteiger partial charge in [-0.1, -0.05) is 18.2 Å². The fraction of sp³-hybridized carbons (Fsp3) is 0.467. The second-order valence-corrected chi connectivity index (χ2v) is 4.74. The summed E-state index contributed by atoms with van der Waals surface area (Å²) in [6.45, 7) is 6.01. The zero-order chi connectivity index (χ0) is 13.1. The van der Waals surface area contributed by atoms with Gasteiger partial charge in [-0.3, -0.25) is 0 Å². The van der Waals surface area contributed by atoms with Crippen LogP contribution >= 0.6 is 0 Å². The summed E-state index contributed by atoms with van der Waals surface area (Å²) >= 11 is 0. The molecule has 2 rings (SSSR count). The number of ether oxygens (including phenoxy) is 1. The molecule has 3 heteroatoms. The number of hydrogen-bond donors (Lipinski definition) is 0. The lowest BCUT2D eigenvalue weighted by Gasteiger charge is -2.24. The second kappa shape index (κ2) is 5.51. The zero-order valence-electron chi connectivity index (χ0n) is 10.6. The van der Waals surface area contributed by atoms with Gasteiger partial charge in [0.25, 0.3) is 0 Å². The lowest BCUT2D eigenvalue weighted by molar-refractivity contribution is 0.312. The molecule has 98 valence electrons. The Bertz CT molecular complexity index is 444. The highest BCUT2D eigenvalue weighted by Gasteiger charge is 2.23. The third kappa shape index (κ3) is 2.55. The third-order valence-electron chi connectivity index (χ3n) is 3.51. The van der Waals surface area contributed by atoms with Gasteiger partial charge in [-0.2, -0.15) is 4.39 Å². The summed E-state index contributed by atoms with van der Waals surface area (Å²) in [4.78, 5) is 0. The van der Waals surface area contributed by atoms with Crippen molar-refractivity contribution >= 4 is 0 Å². The minimum absolute atomic E-state index is 0.000954. The third-order valence-corrected chi connectivity index (χ3v) is 3.51. The molecule has 0 N–H and O–H groups in total. The van der Waals surface area contributed by atoms with Crippen LogP contribution in [0.25, 0.3) is 0 Å². The molecule has 0 heterocycles. The van der Waals surface area contributed by atoms with Gasteiger partial charge in [0, 0.05) is 0 Å². The normalized spacial score (nSPS) is 16.9. The van der Waals surface area contributed by atoms with Crippen molar-refractivity contribution < 1.29 is 13.5 Å². The molecule has 1 aromatic carbocycles. The van der Waals surface area contributed by atoms with Crippen molar-refractivity contribution in [2.45, 2.75) is 38.5 Å². The predicted octanol–water partition coefficient (Wildman–Crippen LogP) is 4.58. The maximum Gasteiger partial charge on any atom is 0.200 e. The van der Waals surface area contributed by atoms with Crippen molar-refractivity contribution in [2.24, 2.45) is 0 Å². The van der Waals surface area contributed by atoms with Crippen LogP contribution in [0.15, 0.2) is 24.3 Å². The first-order valence-corrected chi connectivity index (χ1v) is 6.40. The van der Waals surface area contributed by atoms with E-state index in [0.29, 0.717) is 12.2 Å². The van der Waals surface area contributed by atoms with E-state index in [4.69, 9.17) is 4.74 Å². The van der Waals surface area contributed by atoms with Gasteiger partial charge >= 0.3 is 0 Å². The second-order valence-electron chi connectivity index (χ2n) is 4.74. The number of halogens is 2. The standard InChI is InChI=1S/C15H18F2O/c1-3-18-13-9-8-12(14(16)15(13)17)11-6-4-10(2)5-7-11/h8-9,11H,2-7H2,1H3. The Balaban J connectivity index is 2.24. The van der Waals surface area contributed by atoms with Crippen molar-refractivity contribution in [3.05, 3.63) is 41.5 Å². The number of allylic oxidation sites excluding steroid dienone is 1. The van der Waals surface area contributed by atoms with Crippen molar-refractivity contribution in [3.63, 3.8) is 0 Å². The Labute approximate surface area is 106 Å². The Morgan fingerprint density at radius 3 is 2.50 bits per heavy atom. The largest absolute Gasteiger partial charge is 0.491 e. The van der Waals surface area contributed by atoms with Crippen molar-refractivity contribution in [2.75, 3.05) is 6.61 Å². The average molecular weight is 252 g/mol. The van der Waals surface area contributed by atoms with Gasteiger partial charge in [0.2, 0.25) is 5.82 Å². The summed E-state index contributed by atoms with van der Waals surface area (Å²) in [7, 11) is 0. The fourth-order valence-electron chi connectivity index (χ4n) is 2.47. The molecule has 1 nitrogen and oxygen atoms in total. The maximum atomic E-state index is 14.0. The van der Waals surface area contributed by atoms with Crippen LogP contribution in [-0.4, -0.2) is 6.61 Å². The van der Waals surface area contributed by atoms with Gasteiger partial charge < -0.3 is 4.74 Å². The molecular formula is C15H18F2O. The van der Waals surface area contributed by atoms with Gasteiger partial charge in [-0.05, 0) is 50.2 Å². The summed E-state index contributed by atoms with van der Waals surface area (Å²) < 4.78 is 32.8. The van der Waals surface area contributed by atoms with Crippen LogP contribution in [-0.2, 0) is 0 Å². The molecule has 0 aliphatic heterocycles. The van der Waals surface area contributed by atoms with E-state index in [1.54, 1.807) is 13.0 Å². The van der Waals surface area contributed by atoms with E-state index in [-0.39, 0.29) is 11.7 Å². The molecule has 1 saturated carbocycles. The first-order chi connectivity index (χ1) is 8.63. The number of benzene rings is 1. The Morgan fingerprint density at radius 1 is 1.22 bits per heavy atom. The SMILES string of the molecule is C=C1CCC(c2ccc(OCC)c(F)c2F)CC1. The van der Waals surface area contributed by atoms with Crippen molar-refractivity contribution in [3.8, 4) is 5.75 Å². The highest BCUT2D eigenvalue weighted by Crippen LogP contribution is 2.37. The van der Waals surface area contributed by atoms with E-state index in [2.05, 4.69) is 6.58 Å². The minimum Gasteiger partial charge on any atom is -0.491 e. The molecule has 0 bridgehead atoms. The van der Waals surface area contributed by atoms with E-state index in [0.717, 1.165) is 25.7 Å². The van der Waals surface area contributed by atoms with Gasteiger partial charge in [-0.25, -0.2) is 4.39 Å². The molecule has 0 unspecified atom stereocenters. The Kier molecular flexibility index (Phi) is 4.00. The predicted molar refractivity (Wildman–Crippen MR) is 67.9 cm³/mol.